The monoisotopic (exact) mass is 480 g/mol. The minimum Gasteiger partial charge on any atom is -0.484 e. The molecule has 0 unspecified atom stereocenters. The Balaban J connectivity index is 1.51. The minimum atomic E-state index is -0.306. The zero-order valence-corrected chi connectivity index (χ0v) is 17.1. The molecule has 0 aliphatic rings. The second kappa shape index (κ2) is 8.39. The number of rotatable bonds is 5. The number of carbonyl (C=O) groups is 1. The van der Waals surface area contributed by atoms with Gasteiger partial charge in [0.15, 0.2) is 6.61 Å². The van der Waals surface area contributed by atoms with E-state index in [4.69, 9.17) is 4.74 Å². The van der Waals surface area contributed by atoms with Crippen molar-refractivity contribution < 1.29 is 9.53 Å². The molecule has 0 spiro atoms. The van der Waals surface area contributed by atoms with E-state index in [1.54, 1.807) is 6.21 Å². The largest absolute Gasteiger partial charge is 0.484 e. The molecule has 0 saturated carbocycles. The Kier molecular flexibility index (Phi) is 5.53. The molecule has 4 rings (SSSR count). The van der Waals surface area contributed by atoms with Crippen molar-refractivity contribution in [1.82, 2.24) is 5.43 Å². The summed E-state index contributed by atoms with van der Waals surface area (Å²) in [5, 5.41) is 8.62. The third-order valence-electron chi connectivity index (χ3n) is 4.38. The van der Waals surface area contributed by atoms with Gasteiger partial charge in [0.05, 0.1) is 6.21 Å². The molecule has 28 heavy (non-hydrogen) atoms. The predicted molar refractivity (Wildman–Crippen MR) is 122 cm³/mol. The first-order valence-corrected chi connectivity index (χ1v) is 9.89. The molecule has 0 atom stereocenters. The number of carbonyl (C=O) groups excluding carboxylic acids is 1. The maximum absolute atomic E-state index is 12.0. The second-order valence-electron chi connectivity index (χ2n) is 6.27. The molecule has 1 N–H and O–H groups in total. The fourth-order valence-corrected chi connectivity index (χ4v) is 3.43. The van der Waals surface area contributed by atoms with Crippen LogP contribution in [0, 0.1) is 3.57 Å². The number of amides is 1. The molecule has 0 fully saturated rings. The summed E-state index contributed by atoms with van der Waals surface area (Å²) >= 11 is 2.22. The third kappa shape index (κ3) is 4.14. The number of nitrogens with one attached hydrogen (secondary N) is 1. The lowest BCUT2D eigenvalue weighted by atomic mass is 9.97. The maximum atomic E-state index is 12.0. The quantitative estimate of drug-likeness (QED) is 0.187. The molecule has 4 aromatic carbocycles. The molecular formula is C23H17IN2O2. The average Bonchev–Trinajstić information content (AvgIpc) is 2.73. The number of benzene rings is 4. The minimum absolute atomic E-state index is 0.0891. The van der Waals surface area contributed by atoms with Gasteiger partial charge in [-0.1, -0.05) is 48.5 Å². The van der Waals surface area contributed by atoms with E-state index < -0.39 is 0 Å². The van der Waals surface area contributed by atoms with E-state index in [1.807, 2.05) is 48.5 Å². The molecule has 138 valence electrons. The van der Waals surface area contributed by atoms with E-state index in [1.165, 1.54) is 0 Å². The normalized spacial score (nSPS) is 11.2. The van der Waals surface area contributed by atoms with E-state index in [0.717, 1.165) is 30.7 Å². The van der Waals surface area contributed by atoms with Gasteiger partial charge in [-0.15, -0.1) is 0 Å². The average molecular weight is 480 g/mol. The SMILES string of the molecule is O=C(COc1ccc(I)cc1)NN=Cc1c2ccccc2cc2ccccc12. The van der Waals surface area contributed by atoms with Crippen LogP contribution in [-0.2, 0) is 4.79 Å². The van der Waals surface area contributed by atoms with Gasteiger partial charge in [-0.05, 0) is 74.5 Å². The Morgan fingerprint density at radius 1 is 0.929 bits per heavy atom. The van der Waals surface area contributed by atoms with Crippen LogP contribution in [0.15, 0.2) is 84.0 Å². The van der Waals surface area contributed by atoms with Crippen molar-refractivity contribution in [3.8, 4) is 5.75 Å². The first-order chi connectivity index (χ1) is 13.7. The summed E-state index contributed by atoms with van der Waals surface area (Å²) in [6.07, 6.45) is 1.70. The van der Waals surface area contributed by atoms with Gasteiger partial charge in [0.1, 0.15) is 5.75 Å². The Morgan fingerprint density at radius 3 is 2.18 bits per heavy atom. The van der Waals surface area contributed by atoms with Crippen molar-refractivity contribution in [2.24, 2.45) is 5.10 Å². The Morgan fingerprint density at radius 2 is 1.54 bits per heavy atom. The van der Waals surface area contributed by atoms with E-state index >= 15 is 0 Å². The predicted octanol–water partition coefficient (Wildman–Crippen LogP) is 5.13. The molecule has 4 aromatic rings. The van der Waals surface area contributed by atoms with Crippen LogP contribution < -0.4 is 10.2 Å². The molecule has 0 aromatic heterocycles. The Labute approximate surface area is 176 Å². The maximum Gasteiger partial charge on any atom is 0.277 e. The molecule has 1 amide bonds. The number of fused-ring (bicyclic) bond motifs is 2. The van der Waals surface area contributed by atoms with Gasteiger partial charge in [0.2, 0.25) is 0 Å². The van der Waals surface area contributed by atoms with Crippen molar-refractivity contribution in [3.63, 3.8) is 0 Å². The van der Waals surface area contributed by atoms with Gasteiger partial charge in [0.25, 0.3) is 5.91 Å². The summed E-state index contributed by atoms with van der Waals surface area (Å²) in [7, 11) is 0. The highest BCUT2D eigenvalue weighted by molar-refractivity contribution is 14.1. The number of hydrogen-bond acceptors (Lipinski definition) is 3. The van der Waals surface area contributed by atoms with Gasteiger partial charge in [-0.3, -0.25) is 4.79 Å². The lowest BCUT2D eigenvalue weighted by Gasteiger charge is -2.08. The number of halogens is 1. The number of nitrogens with zero attached hydrogens (tertiary/aromatic N) is 1. The van der Waals surface area contributed by atoms with Crippen molar-refractivity contribution in [1.29, 1.82) is 0 Å². The molecule has 0 bridgehead atoms. The van der Waals surface area contributed by atoms with Crippen LogP contribution in [0.5, 0.6) is 5.75 Å². The fraction of sp³-hybridized carbons (Fsp3) is 0.0435. The zero-order chi connectivity index (χ0) is 19.3. The lowest BCUT2D eigenvalue weighted by molar-refractivity contribution is -0.123. The van der Waals surface area contributed by atoms with Crippen LogP contribution >= 0.6 is 22.6 Å². The topological polar surface area (TPSA) is 50.7 Å². The molecular weight excluding hydrogens is 463 g/mol. The van der Waals surface area contributed by atoms with Crippen LogP contribution in [0.4, 0.5) is 0 Å². The second-order valence-corrected chi connectivity index (χ2v) is 7.51. The van der Waals surface area contributed by atoms with Crippen molar-refractivity contribution in [2.75, 3.05) is 6.61 Å². The molecule has 0 aliphatic carbocycles. The summed E-state index contributed by atoms with van der Waals surface area (Å²) in [5.74, 6) is 0.346. The molecule has 0 radical (unpaired) electrons. The van der Waals surface area contributed by atoms with Gasteiger partial charge in [-0.2, -0.15) is 5.10 Å². The van der Waals surface area contributed by atoms with Crippen LogP contribution in [0.25, 0.3) is 21.5 Å². The summed E-state index contributed by atoms with van der Waals surface area (Å²) in [6, 6.07) is 26.0. The fourth-order valence-electron chi connectivity index (χ4n) is 3.07. The highest BCUT2D eigenvalue weighted by Gasteiger charge is 2.06. The highest BCUT2D eigenvalue weighted by atomic mass is 127. The summed E-state index contributed by atoms with van der Waals surface area (Å²) in [5.41, 5.74) is 3.53. The number of hydrogen-bond donors (Lipinski definition) is 1. The van der Waals surface area contributed by atoms with Crippen molar-refractivity contribution in [2.45, 2.75) is 0 Å². The highest BCUT2D eigenvalue weighted by Crippen LogP contribution is 2.27. The van der Waals surface area contributed by atoms with Crippen LogP contribution in [-0.4, -0.2) is 18.7 Å². The summed E-state index contributed by atoms with van der Waals surface area (Å²) < 4.78 is 6.59. The van der Waals surface area contributed by atoms with Gasteiger partial charge < -0.3 is 4.74 Å². The van der Waals surface area contributed by atoms with E-state index in [-0.39, 0.29) is 12.5 Å². The first kappa shape index (κ1) is 18.4. The first-order valence-electron chi connectivity index (χ1n) is 8.81. The molecule has 0 aliphatic heterocycles. The summed E-state index contributed by atoms with van der Waals surface area (Å²) in [4.78, 5) is 12.0. The third-order valence-corrected chi connectivity index (χ3v) is 5.10. The number of ether oxygens (including phenoxy) is 1. The molecule has 0 saturated heterocycles. The Bertz CT molecular complexity index is 1120. The molecule has 0 heterocycles. The lowest BCUT2D eigenvalue weighted by Crippen LogP contribution is -2.24. The Hall–Kier alpha value is -2.93. The van der Waals surface area contributed by atoms with Crippen LogP contribution in [0.3, 0.4) is 0 Å². The van der Waals surface area contributed by atoms with E-state index in [2.05, 4.69) is 63.4 Å². The van der Waals surface area contributed by atoms with Crippen LogP contribution in [0.2, 0.25) is 0 Å². The zero-order valence-electron chi connectivity index (χ0n) is 14.9. The molecule has 4 nitrogen and oxygen atoms in total. The van der Waals surface area contributed by atoms with Gasteiger partial charge in [-0.25, -0.2) is 5.43 Å². The number of hydrazone groups is 1. The summed E-state index contributed by atoms with van der Waals surface area (Å²) in [6.45, 7) is -0.0891. The van der Waals surface area contributed by atoms with Gasteiger partial charge in [0, 0.05) is 9.13 Å². The van der Waals surface area contributed by atoms with Crippen LogP contribution in [0.1, 0.15) is 5.56 Å². The van der Waals surface area contributed by atoms with E-state index in [9.17, 15) is 4.79 Å². The van der Waals surface area contributed by atoms with Crippen molar-refractivity contribution in [3.05, 3.63) is 88.0 Å². The smallest absolute Gasteiger partial charge is 0.277 e. The van der Waals surface area contributed by atoms with E-state index in [0.29, 0.717) is 5.75 Å². The molecule has 5 heteroatoms. The standard InChI is InChI=1S/C23H17IN2O2/c24-18-9-11-19(12-10-18)28-15-23(27)26-25-14-22-20-7-3-1-5-16(20)13-17-6-2-4-8-21(17)22/h1-14H,15H2,(H,26,27). The van der Waals surface area contributed by atoms with Gasteiger partial charge >= 0.3 is 0 Å². The van der Waals surface area contributed by atoms with Crippen molar-refractivity contribution >= 4 is 56.3 Å².